The molecule has 2 aromatic carbocycles. The van der Waals surface area contributed by atoms with Crippen molar-refractivity contribution in [3.8, 4) is 17.2 Å². The molecule has 11 heteroatoms. The summed E-state index contributed by atoms with van der Waals surface area (Å²) in [7, 11) is -4.35. The van der Waals surface area contributed by atoms with Crippen molar-refractivity contribution in [2.24, 2.45) is 0 Å². The minimum Gasteiger partial charge on any atom is -0.491 e. The van der Waals surface area contributed by atoms with Crippen molar-refractivity contribution < 1.29 is 28.6 Å². The molecule has 0 aliphatic carbocycles. The van der Waals surface area contributed by atoms with Crippen molar-refractivity contribution in [1.82, 2.24) is 9.97 Å². The molecule has 2 heterocycles. The number of fused-ring (bicyclic) bond motifs is 1. The first-order valence-corrected chi connectivity index (χ1v) is 12.3. The number of thiazole rings is 1. The highest BCUT2D eigenvalue weighted by molar-refractivity contribution is 7.60. The van der Waals surface area contributed by atoms with E-state index in [4.69, 9.17) is 9.47 Å². The lowest BCUT2D eigenvalue weighted by Gasteiger charge is -2.14. The van der Waals surface area contributed by atoms with Crippen LogP contribution in [0.2, 0.25) is 0 Å². The Morgan fingerprint density at radius 3 is 2.45 bits per heavy atom. The highest BCUT2D eigenvalue weighted by Crippen LogP contribution is 2.34. The minimum absolute atomic E-state index is 0.114. The van der Waals surface area contributed by atoms with Crippen molar-refractivity contribution in [3.63, 3.8) is 0 Å². The summed E-state index contributed by atoms with van der Waals surface area (Å²) < 4.78 is 22.9. The summed E-state index contributed by atoms with van der Waals surface area (Å²) in [4.78, 5) is 40.7. The third-order valence-corrected chi connectivity index (χ3v) is 6.18. The second kappa shape index (κ2) is 9.29. The number of nitrogens with one attached hydrogen (secondary N) is 1. The number of amides is 1. The van der Waals surface area contributed by atoms with E-state index in [9.17, 15) is 19.1 Å². The molecular weight excluding hydrogens is 465 g/mol. The van der Waals surface area contributed by atoms with Gasteiger partial charge in [0.25, 0.3) is 5.91 Å². The number of hydrogen-bond acceptors (Lipinski definition) is 7. The van der Waals surface area contributed by atoms with Gasteiger partial charge in [-0.15, -0.1) is 0 Å². The van der Waals surface area contributed by atoms with Gasteiger partial charge in [-0.1, -0.05) is 11.3 Å². The van der Waals surface area contributed by atoms with Gasteiger partial charge in [-0.2, -0.15) is 0 Å². The third-order valence-electron chi connectivity index (χ3n) is 4.31. The molecule has 0 radical (unpaired) electrons. The Labute approximate surface area is 193 Å². The number of carbonyl (C=O) groups excluding carboxylic acids is 1. The number of ether oxygens (including phenoxy) is 2. The molecule has 3 N–H and O–H groups in total. The summed E-state index contributed by atoms with van der Waals surface area (Å²) in [5.74, 6) is 0.709. The van der Waals surface area contributed by atoms with E-state index < -0.39 is 13.5 Å². The summed E-state index contributed by atoms with van der Waals surface area (Å²) in [6, 6.07) is 13.8. The van der Waals surface area contributed by atoms with E-state index in [0.717, 1.165) is 0 Å². The van der Waals surface area contributed by atoms with E-state index in [1.54, 1.807) is 30.5 Å². The van der Waals surface area contributed by atoms with Gasteiger partial charge >= 0.3 is 7.60 Å². The Morgan fingerprint density at radius 2 is 1.79 bits per heavy atom. The molecule has 0 aliphatic heterocycles. The SMILES string of the molecule is CC(C)Oc1cc(Oc2ccc(P(=O)(O)O)cc2)cc(C(=O)Nc2nc3cccnc3s2)c1. The number of benzene rings is 2. The van der Waals surface area contributed by atoms with Crippen molar-refractivity contribution in [3.05, 3.63) is 66.4 Å². The fourth-order valence-electron chi connectivity index (χ4n) is 2.94. The van der Waals surface area contributed by atoms with Crippen molar-refractivity contribution in [1.29, 1.82) is 0 Å². The average Bonchev–Trinajstić information content (AvgIpc) is 3.15. The Bertz CT molecular complexity index is 1320. The first-order chi connectivity index (χ1) is 15.7. The fraction of sp³-hybridized carbons (Fsp3) is 0.136. The number of hydrogen-bond donors (Lipinski definition) is 3. The number of anilines is 1. The lowest BCUT2D eigenvalue weighted by atomic mass is 10.2. The van der Waals surface area contributed by atoms with Crippen LogP contribution in [0.4, 0.5) is 5.13 Å². The van der Waals surface area contributed by atoms with Gasteiger partial charge in [-0.3, -0.25) is 14.7 Å². The molecular formula is C22H20N3O6PS. The monoisotopic (exact) mass is 485 g/mol. The zero-order chi connectivity index (χ0) is 23.6. The molecule has 33 heavy (non-hydrogen) atoms. The molecule has 0 spiro atoms. The maximum atomic E-state index is 12.9. The Morgan fingerprint density at radius 1 is 1.06 bits per heavy atom. The van der Waals surface area contributed by atoms with Crippen molar-refractivity contribution in [2.45, 2.75) is 20.0 Å². The van der Waals surface area contributed by atoms with Gasteiger partial charge in [0, 0.05) is 17.8 Å². The summed E-state index contributed by atoms with van der Waals surface area (Å²) in [6.07, 6.45) is 1.53. The Hall–Kier alpha value is -3.30. The van der Waals surface area contributed by atoms with Crippen LogP contribution in [-0.4, -0.2) is 31.8 Å². The van der Waals surface area contributed by atoms with Crippen LogP contribution in [0.1, 0.15) is 24.2 Å². The van der Waals surface area contributed by atoms with Crippen molar-refractivity contribution >= 4 is 45.6 Å². The van der Waals surface area contributed by atoms with Gasteiger partial charge < -0.3 is 19.3 Å². The number of nitrogens with zero attached hydrogens (tertiary/aromatic N) is 2. The molecule has 2 aromatic heterocycles. The zero-order valence-electron chi connectivity index (χ0n) is 17.6. The highest BCUT2D eigenvalue weighted by atomic mass is 32.1. The van der Waals surface area contributed by atoms with E-state index in [2.05, 4.69) is 15.3 Å². The average molecular weight is 485 g/mol. The molecule has 4 rings (SSSR count). The van der Waals surface area contributed by atoms with E-state index in [-0.39, 0.29) is 11.4 Å². The van der Waals surface area contributed by atoms with E-state index in [1.807, 2.05) is 19.9 Å². The molecule has 0 saturated heterocycles. The summed E-state index contributed by atoms with van der Waals surface area (Å²) >= 11 is 1.26. The first kappa shape index (κ1) is 22.9. The molecule has 4 aromatic rings. The highest BCUT2D eigenvalue weighted by Gasteiger charge is 2.17. The maximum absolute atomic E-state index is 12.9. The van der Waals surface area contributed by atoms with Crippen LogP contribution in [0.3, 0.4) is 0 Å². The smallest absolute Gasteiger partial charge is 0.356 e. The molecule has 0 aliphatic rings. The fourth-order valence-corrected chi connectivity index (χ4v) is 4.28. The van der Waals surface area contributed by atoms with Crippen LogP contribution in [0.25, 0.3) is 10.3 Å². The van der Waals surface area contributed by atoms with E-state index >= 15 is 0 Å². The van der Waals surface area contributed by atoms with Crippen LogP contribution >= 0.6 is 18.9 Å². The standard InChI is InChI=1S/C22H20N3O6PS/c1-13(2)30-16-10-14(20(26)25-22-24-19-4-3-9-23-21(19)33-22)11-17(12-16)31-15-5-7-18(8-6-15)32(27,28)29/h3-13H,1-2H3,(H,24,25,26)(H2,27,28,29). The van der Waals surface area contributed by atoms with Gasteiger partial charge in [-0.25, -0.2) is 9.97 Å². The molecule has 0 bridgehead atoms. The minimum atomic E-state index is -4.35. The second-order valence-corrected chi connectivity index (χ2v) is 9.88. The molecule has 0 fully saturated rings. The predicted octanol–water partition coefficient (Wildman–Crippen LogP) is 4.33. The molecule has 1 amide bonds. The largest absolute Gasteiger partial charge is 0.491 e. The number of aromatic nitrogens is 2. The summed E-state index contributed by atoms with van der Waals surface area (Å²) in [6.45, 7) is 3.73. The van der Waals surface area contributed by atoms with Gasteiger partial charge in [0.2, 0.25) is 0 Å². The van der Waals surface area contributed by atoms with Crippen LogP contribution < -0.4 is 20.1 Å². The third kappa shape index (κ3) is 5.74. The second-order valence-electron chi connectivity index (χ2n) is 7.30. The first-order valence-electron chi connectivity index (χ1n) is 9.86. The van der Waals surface area contributed by atoms with E-state index in [0.29, 0.717) is 38.3 Å². The normalized spacial score (nSPS) is 11.5. The summed E-state index contributed by atoms with van der Waals surface area (Å²) in [5, 5.41) is 3.08. The molecule has 170 valence electrons. The quantitative estimate of drug-likeness (QED) is 0.330. The topological polar surface area (TPSA) is 131 Å². The molecule has 0 saturated carbocycles. The van der Waals surface area contributed by atoms with Gasteiger partial charge in [-0.05, 0) is 62.4 Å². The molecule has 0 atom stereocenters. The molecule has 9 nitrogen and oxygen atoms in total. The predicted molar refractivity (Wildman–Crippen MR) is 126 cm³/mol. The van der Waals surface area contributed by atoms with E-state index in [1.165, 1.54) is 35.6 Å². The zero-order valence-corrected chi connectivity index (χ0v) is 19.3. The molecule has 0 unspecified atom stereocenters. The van der Waals surface area contributed by atoms with Crippen LogP contribution in [-0.2, 0) is 4.57 Å². The Kier molecular flexibility index (Phi) is 6.44. The van der Waals surface area contributed by atoms with Gasteiger partial charge in [0.15, 0.2) is 5.13 Å². The lowest BCUT2D eigenvalue weighted by Crippen LogP contribution is -2.13. The number of rotatable bonds is 7. The Balaban J connectivity index is 1.59. The maximum Gasteiger partial charge on any atom is 0.356 e. The van der Waals surface area contributed by atoms with Gasteiger partial charge in [0.05, 0.1) is 11.4 Å². The number of carbonyl (C=O) groups is 1. The lowest BCUT2D eigenvalue weighted by molar-refractivity contribution is 0.102. The summed E-state index contributed by atoms with van der Waals surface area (Å²) in [5.41, 5.74) is 0.986. The van der Waals surface area contributed by atoms with Crippen LogP contribution in [0, 0.1) is 0 Å². The van der Waals surface area contributed by atoms with Crippen molar-refractivity contribution in [2.75, 3.05) is 5.32 Å². The number of pyridine rings is 1. The van der Waals surface area contributed by atoms with Crippen LogP contribution in [0.5, 0.6) is 17.2 Å². The van der Waals surface area contributed by atoms with Gasteiger partial charge in [0.1, 0.15) is 27.6 Å². The van der Waals surface area contributed by atoms with Crippen LogP contribution in [0.15, 0.2) is 60.8 Å².